The fourth-order valence-electron chi connectivity index (χ4n) is 3.02. The van der Waals surface area contributed by atoms with Crippen LogP contribution in [-0.2, 0) is 11.4 Å². The van der Waals surface area contributed by atoms with E-state index in [1.54, 1.807) is 16.7 Å². The van der Waals surface area contributed by atoms with E-state index in [1.807, 2.05) is 48.7 Å². The number of carbonyl (C=O) groups excluding carboxylic acids is 1. The summed E-state index contributed by atoms with van der Waals surface area (Å²) in [7, 11) is 0. The molecule has 166 valence electrons. The van der Waals surface area contributed by atoms with Crippen LogP contribution < -0.4 is 4.74 Å². The molecule has 1 atom stereocenters. The molecule has 2 heterocycles. The first-order valence-electron chi connectivity index (χ1n) is 9.91. The van der Waals surface area contributed by atoms with E-state index >= 15 is 0 Å². The van der Waals surface area contributed by atoms with Gasteiger partial charge >= 0.3 is 0 Å². The predicted molar refractivity (Wildman–Crippen MR) is 123 cm³/mol. The normalized spacial score (nSPS) is 11.7. The van der Waals surface area contributed by atoms with Gasteiger partial charge in [-0.1, -0.05) is 42.1 Å². The van der Waals surface area contributed by atoms with Gasteiger partial charge in [0, 0.05) is 16.8 Å². The Bertz CT molecular complexity index is 1300. The topological polar surface area (TPSA) is 93.7 Å². The molecule has 2 aromatic carbocycles. The van der Waals surface area contributed by atoms with E-state index in [-0.39, 0.29) is 23.9 Å². The summed E-state index contributed by atoms with van der Waals surface area (Å²) >= 11 is 2.47. The second-order valence-corrected chi connectivity index (χ2v) is 8.77. The third kappa shape index (κ3) is 5.27. The van der Waals surface area contributed by atoms with Crippen molar-refractivity contribution < 1.29 is 13.9 Å². The Morgan fingerprint density at radius 2 is 1.97 bits per heavy atom. The van der Waals surface area contributed by atoms with Crippen molar-refractivity contribution in [3.8, 4) is 17.5 Å². The Balaban J connectivity index is 1.55. The average molecular weight is 480 g/mol. The first-order chi connectivity index (χ1) is 16.1. The van der Waals surface area contributed by atoms with Crippen LogP contribution in [-0.4, -0.2) is 31.3 Å². The number of halogens is 1. The first kappa shape index (κ1) is 22.6. The van der Waals surface area contributed by atoms with Crippen LogP contribution >= 0.6 is 23.1 Å². The lowest BCUT2D eigenvalue weighted by Gasteiger charge is -2.11. The number of benzene rings is 2. The Morgan fingerprint density at radius 3 is 2.67 bits per heavy atom. The van der Waals surface area contributed by atoms with Crippen LogP contribution in [0.15, 0.2) is 65.1 Å². The summed E-state index contributed by atoms with van der Waals surface area (Å²) in [6.07, 6.45) is 0. The van der Waals surface area contributed by atoms with Crippen LogP contribution in [0.3, 0.4) is 0 Å². The van der Waals surface area contributed by atoms with Gasteiger partial charge in [-0.05, 0) is 31.2 Å². The highest BCUT2D eigenvalue weighted by Gasteiger charge is 2.25. The number of hydrogen-bond acceptors (Lipinski definition) is 8. The highest BCUT2D eigenvalue weighted by atomic mass is 32.2. The fraction of sp³-hybridized carbons (Fsp3) is 0.174. The number of nitrogens with zero attached hydrogens (tertiary/aromatic N) is 5. The lowest BCUT2D eigenvalue weighted by atomic mass is 10.1. The van der Waals surface area contributed by atoms with Gasteiger partial charge in [0.15, 0.2) is 34.2 Å². The van der Waals surface area contributed by atoms with Crippen molar-refractivity contribution in [3.05, 3.63) is 82.3 Å². The molecule has 0 spiro atoms. The third-order valence-corrected chi connectivity index (χ3v) is 6.57. The molecule has 0 aliphatic carbocycles. The van der Waals surface area contributed by atoms with E-state index in [9.17, 15) is 14.4 Å². The van der Waals surface area contributed by atoms with Gasteiger partial charge in [0.2, 0.25) is 0 Å². The molecule has 33 heavy (non-hydrogen) atoms. The van der Waals surface area contributed by atoms with Gasteiger partial charge in [0.1, 0.15) is 11.6 Å². The molecule has 7 nitrogen and oxygen atoms in total. The largest absolute Gasteiger partial charge is 0.483 e. The first-order valence-corrected chi connectivity index (χ1v) is 11.8. The molecule has 0 aliphatic rings. The van der Waals surface area contributed by atoms with Gasteiger partial charge in [-0.2, -0.15) is 5.26 Å². The number of thiazole rings is 1. The lowest BCUT2D eigenvalue weighted by molar-refractivity contribution is -0.116. The molecule has 0 radical (unpaired) electrons. The Kier molecular flexibility index (Phi) is 7.12. The van der Waals surface area contributed by atoms with Crippen LogP contribution in [0, 0.1) is 24.1 Å². The third-order valence-electron chi connectivity index (χ3n) is 4.59. The van der Waals surface area contributed by atoms with Gasteiger partial charge < -0.3 is 4.74 Å². The number of thioether (sulfide) groups is 1. The summed E-state index contributed by atoms with van der Waals surface area (Å²) in [4.78, 5) is 17.0. The Hall–Kier alpha value is -3.55. The average Bonchev–Trinajstić information content (AvgIpc) is 3.44. The van der Waals surface area contributed by atoms with Crippen LogP contribution in [0.2, 0.25) is 0 Å². The molecule has 0 aliphatic heterocycles. The zero-order valence-corrected chi connectivity index (χ0v) is 19.1. The Morgan fingerprint density at radius 1 is 1.21 bits per heavy atom. The number of rotatable bonds is 9. The molecular formula is C23H18FN5O2S2. The predicted octanol–water partition coefficient (Wildman–Crippen LogP) is 4.72. The number of aromatic nitrogens is 4. The van der Waals surface area contributed by atoms with Crippen molar-refractivity contribution in [3.63, 3.8) is 0 Å². The minimum atomic E-state index is -0.923. The van der Waals surface area contributed by atoms with Crippen molar-refractivity contribution in [2.75, 3.05) is 5.75 Å². The fourth-order valence-corrected chi connectivity index (χ4v) is 4.75. The zero-order valence-electron chi connectivity index (χ0n) is 17.5. The molecule has 0 saturated carbocycles. The second kappa shape index (κ2) is 10.4. The minimum absolute atomic E-state index is 0.0173. The number of Topliss-reactive ketones (excluding diaryl/α,β-unsaturated/α-hetero) is 1. The summed E-state index contributed by atoms with van der Waals surface area (Å²) < 4.78 is 21.3. The molecule has 0 fully saturated rings. The maximum atomic E-state index is 13.9. The van der Waals surface area contributed by atoms with E-state index < -0.39 is 11.7 Å². The summed E-state index contributed by atoms with van der Waals surface area (Å²) in [6.45, 7) is 1.80. The van der Waals surface area contributed by atoms with E-state index in [2.05, 4.69) is 15.2 Å². The van der Waals surface area contributed by atoms with Gasteiger partial charge in [0.25, 0.3) is 0 Å². The van der Waals surface area contributed by atoms with Crippen LogP contribution in [0.4, 0.5) is 4.39 Å². The standard InChI is InChI=1S/C23H18FN5O2S2/c1-15-13-32-22(26-15)17(11-25)19(30)14-33-23-28-27-21(29(23)16-7-3-2-4-8-16)12-31-20-10-6-5-9-18(20)24/h2-10,13,17H,12,14H2,1H3. The summed E-state index contributed by atoms with van der Waals surface area (Å²) in [5.74, 6) is -1.07. The maximum absolute atomic E-state index is 13.9. The highest BCUT2D eigenvalue weighted by Crippen LogP contribution is 2.27. The number of nitriles is 1. The van der Waals surface area contributed by atoms with Gasteiger partial charge in [-0.15, -0.1) is 21.5 Å². The number of carbonyl (C=O) groups is 1. The quantitative estimate of drug-likeness (QED) is 0.321. The van der Waals surface area contributed by atoms with Crippen LogP contribution in [0.1, 0.15) is 22.4 Å². The van der Waals surface area contributed by atoms with Crippen molar-refractivity contribution in [1.82, 2.24) is 19.7 Å². The molecule has 4 rings (SSSR count). The van der Waals surface area contributed by atoms with Crippen LogP contribution in [0.25, 0.3) is 5.69 Å². The molecule has 0 bridgehead atoms. The van der Waals surface area contributed by atoms with E-state index in [0.29, 0.717) is 16.0 Å². The summed E-state index contributed by atoms with van der Waals surface area (Å²) in [5, 5.41) is 20.7. The maximum Gasteiger partial charge on any atom is 0.196 e. The molecule has 4 aromatic rings. The van der Waals surface area contributed by atoms with E-state index in [0.717, 1.165) is 11.4 Å². The minimum Gasteiger partial charge on any atom is -0.483 e. The molecule has 10 heteroatoms. The molecule has 0 saturated heterocycles. The Labute approximate surface area is 197 Å². The molecule has 0 amide bonds. The number of hydrogen-bond donors (Lipinski definition) is 0. The molecular weight excluding hydrogens is 461 g/mol. The lowest BCUT2D eigenvalue weighted by Crippen LogP contribution is -2.14. The molecule has 0 N–H and O–H groups in total. The SMILES string of the molecule is Cc1csc(C(C#N)C(=O)CSc2nnc(COc3ccccc3F)n2-c2ccccc2)n1. The van der Waals surface area contributed by atoms with E-state index in [4.69, 9.17) is 4.74 Å². The summed E-state index contributed by atoms with van der Waals surface area (Å²) in [5.41, 5.74) is 1.55. The van der Waals surface area contributed by atoms with Gasteiger partial charge in [-0.3, -0.25) is 9.36 Å². The van der Waals surface area contributed by atoms with Gasteiger partial charge in [-0.25, -0.2) is 9.37 Å². The number of ether oxygens (including phenoxy) is 1. The monoisotopic (exact) mass is 479 g/mol. The smallest absolute Gasteiger partial charge is 0.196 e. The summed E-state index contributed by atoms with van der Waals surface area (Å²) in [6, 6.07) is 17.5. The van der Waals surface area contributed by atoms with Gasteiger partial charge in [0.05, 0.1) is 11.8 Å². The van der Waals surface area contributed by atoms with Crippen LogP contribution in [0.5, 0.6) is 5.75 Å². The van der Waals surface area contributed by atoms with Crippen molar-refractivity contribution in [1.29, 1.82) is 5.26 Å². The molecule has 2 aromatic heterocycles. The van der Waals surface area contributed by atoms with Crippen molar-refractivity contribution >= 4 is 28.9 Å². The highest BCUT2D eigenvalue weighted by molar-refractivity contribution is 7.99. The number of aryl methyl sites for hydroxylation is 1. The zero-order chi connectivity index (χ0) is 23.2. The van der Waals surface area contributed by atoms with Crippen molar-refractivity contribution in [2.24, 2.45) is 0 Å². The second-order valence-electron chi connectivity index (χ2n) is 6.93. The van der Waals surface area contributed by atoms with E-state index in [1.165, 1.54) is 35.2 Å². The number of para-hydroxylation sites is 2. The van der Waals surface area contributed by atoms with Crippen molar-refractivity contribution in [2.45, 2.75) is 24.6 Å². The molecule has 1 unspecified atom stereocenters. The number of ketones is 1.